The summed E-state index contributed by atoms with van der Waals surface area (Å²) in [4.78, 5) is 11.8. The summed E-state index contributed by atoms with van der Waals surface area (Å²) in [5.74, 6) is -8.29. The first kappa shape index (κ1) is 15.8. The molecule has 0 spiro atoms. The van der Waals surface area contributed by atoms with Crippen molar-refractivity contribution in [3.05, 3.63) is 34.9 Å². The number of carbonyl (C=O) groups excluding carboxylic acids is 1. The predicted octanol–water partition coefficient (Wildman–Crippen LogP) is 2.53. The van der Waals surface area contributed by atoms with Crippen molar-refractivity contribution in [2.45, 2.75) is 25.7 Å². The van der Waals surface area contributed by atoms with Crippen molar-refractivity contribution < 1.29 is 27.5 Å². The molecule has 21 heavy (non-hydrogen) atoms. The van der Waals surface area contributed by atoms with Crippen molar-refractivity contribution in [3.8, 4) is 0 Å². The molecule has 0 radical (unpaired) electrons. The van der Waals surface area contributed by atoms with Crippen LogP contribution in [0.5, 0.6) is 0 Å². The molecule has 2 N–H and O–H groups in total. The number of rotatable bonds is 5. The van der Waals surface area contributed by atoms with E-state index in [1.54, 1.807) is 0 Å². The lowest BCUT2D eigenvalue weighted by atomic mass is 9.67. The fourth-order valence-electron chi connectivity index (χ4n) is 2.53. The third-order valence-electron chi connectivity index (χ3n) is 4.03. The van der Waals surface area contributed by atoms with Crippen LogP contribution in [-0.2, 0) is 0 Å². The number of halogens is 4. The molecule has 1 saturated carbocycles. The summed E-state index contributed by atoms with van der Waals surface area (Å²) in [7, 11) is 0. The van der Waals surface area contributed by atoms with Gasteiger partial charge in [-0.05, 0) is 30.7 Å². The lowest BCUT2D eigenvalue weighted by Gasteiger charge is -2.41. The Morgan fingerprint density at radius 2 is 1.86 bits per heavy atom. The van der Waals surface area contributed by atoms with Crippen LogP contribution >= 0.6 is 0 Å². The average molecular weight is 305 g/mol. The van der Waals surface area contributed by atoms with Gasteiger partial charge in [-0.3, -0.25) is 4.79 Å². The SMILES string of the molecule is O=C(NCC1(CCO)CCC1)c1cc(F)c(F)c(F)c1F. The summed E-state index contributed by atoms with van der Waals surface area (Å²) in [5.41, 5.74) is -1.12. The van der Waals surface area contributed by atoms with Gasteiger partial charge in [-0.1, -0.05) is 6.42 Å². The highest BCUT2D eigenvalue weighted by Crippen LogP contribution is 2.43. The quantitative estimate of drug-likeness (QED) is 0.499. The minimum atomic E-state index is -2.01. The Morgan fingerprint density at radius 1 is 1.19 bits per heavy atom. The molecule has 0 aliphatic heterocycles. The molecule has 0 atom stereocenters. The van der Waals surface area contributed by atoms with Gasteiger partial charge in [-0.15, -0.1) is 0 Å². The first-order valence-electron chi connectivity index (χ1n) is 6.62. The van der Waals surface area contributed by atoms with Crippen LogP contribution in [0, 0.1) is 28.7 Å². The smallest absolute Gasteiger partial charge is 0.254 e. The summed E-state index contributed by atoms with van der Waals surface area (Å²) < 4.78 is 52.4. The van der Waals surface area contributed by atoms with Gasteiger partial charge in [0.15, 0.2) is 23.3 Å². The molecule has 0 heterocycles. The highest BCUT2D eigenvalue weighted by Gasteiger charge is 2.36. The molecule has 1 fully saturated rings. The average Bonchev–Trinajstić information content (AvgIpc) is 2.43. The van der Waals surface area contributed by atoms with Gasteiger partial charge in [0.2, 0.25) is 0 Å². The van der Waals surface area contributed by atoms with Crippen LogP contribution in [-0.4, -0.2) is 24.2 Å². The first-order chi connectivity index (χ1) is 9.90. The van der Waals surface area contributed by atoms with Crippen molar-refractivity contribution in [2.75, 3.05) is 13.2 Å². The third-order valence-corrected chi connectivity index (χ3v) is 4.03. The van der Waals surface area contributed by atoms with E-state index in [1.165, 1.54) is 0 Å². The van der Waals surface area contributed by atoms with Crippen LogP contribution in [0.4, 0.5) is 17.6 Å². The van der Waals surface area contributed by atoms with Crippen LogP contribution < -0.4 is 5.32 Å². The zero-order valence-electron chi connectivity index (χ0n) is 11.2. The Kier molecular flexibility index (Phi) is 4.51. The topological polar surface area (TPSA) is 49.3 Å². The molecule has 1 aromatic carbocycles. The number of nitrogens with one attached hydrogen (secondary N) is 1. The van der Waals surface area contributed by atoms with Gasteiger partial charge in [-0.25, -0.2) is 17.6 Å². The molecule has 0 aromatic heterocycles. The van der Waals surface area contributed by atoms with Gasteiger partial charge < -0.3 is 10.4 Å². The van der Waals surface area contributed by atoms with Crippen molar-refractivity contribution >= 4 is 5.91 Å². The molecular formula is C14H15F4NO2. The summed E-state index contributed by atoms with van der Waals surface area (Å²) in [6.07, 6.45) is 3.07. The zero-order valence-corrected chi connectivity index (χ0v) is 11.2. The molecule has 1 aromatic rings. The second kappa shape index (κ2) is 6.01. The van der Waals surface area contributed by atoms with Crippen molar-refractivity contribution in [2.24, 2.45) is 5.41 Å². The Labute approximate surface area is 119 Å². The molecule has 2 rings (SSSR count). The summed E-state index contributed by atoms with van der Waals surface area (Å²) in [6, 6.07) is 0.336. The molecule has 3 nitrogen and oxygen atoms in total. The van der Waals surface area contributed by atoms with E-state index in [4.69, 9.17) is 5.11 Å². The number of hydrogen-bond acceptors (Lipinski definition) is 2. The van der Waals surface area contributed by atoms with Crippen molar-refractivity contribution in [3.63, 3.8) is 0 Å². The number of amides is 1. The van der Waals surface area contributed by atoms with E-state index in [9.17, 15) is 22.4 Å². The Morgan fingerprint density at radius 3 is 2.38 bits per heavy atom. The van der Waals surface area contributed by atoms with Gasteiger partial charge >= 0.3 is 0 Å². The fraction of sp³-hybridized carbons (Fsp3) is 0.500. The van der Waals surface area contributed by atoms with E-state index in [0.717, 1.165) is 19.3 Å². The largest absolute Gasteiger partial charge is 0.396 e. The Hall–Kier alpha value is -1.63. The van der Waals surface area contributed by atoms with Crippen molar-refractivity contribution in [1.82, 2.24) is 5.32 Å². The van der Waals surface area contributed by atoms with Crippen LogP contribution in [0.2, 0.25) is 0 Å². The minimum Gasteiger partial charge on any atom is -0.396 e. The van der Waals surface area contributed by atoms with Crippen LogP contribution in [0.3, 0.4) is 0 Å². The molecule has 0 saturated heterocycles. The molecule has 0 unspecified atom stereocenters. The fourth-order valence-corrected chi connectivity index (χ4v) is 2.53. The maximum Gasteiger partial charge on any atom is 0.254 e. The van der Waals surface area contributed by atoms with Crippen molar-refractivity contribution in [1.29, 1.82) is 0 Å². The van der Waals surface area contributed by atoms with E-state index in [0.29, 0.717) is 12.5 Å². The molecule has 7 heteroatoms. The summed E-state index contributed by atoms with van der Waals surface area (Å²) >= 11 is 0. The zero-order chi connectivity index (χ0) is 15.6. The molecule has 0 bridgehead atoms. The van der Waals surface area contributed by atoms with E-state index in [1.807, 2.05) is 0 Å². The van der Waals surface area contributed by atoms with E-state index in [2.05, 4.69) is 5.32 Å². The third kappa shape index (κ3) is 3.02. The van der Waals surface area contributed by atoms with Gasteiger partial charge in [0.25, 0.3) is 5.91 Å². The predicted molar refractivity (Wildman–Crippen MR) is 66.6 cm³/mol. The monoisotopic (exact) mass is 305 g/mol. The first-order valence-corrected chi connectivity index (χ1v) is 6.62. The molecular weight excluding hydrogens is 290 g/mol. The number of hydrogen-bond donors (Lipinski definition) is 2. The molecule has 1 amide bonds. The number of aliphatic hydroxyl groups excluding tert-OH is 1. The van der Waals surface area contributed by atoms with Gasteiger partial charge in [-0.2, -0.15) is 0 Å². The standard InChI is InChI=1S/C14H15F4NO2/c15-9-6-8(10(16)12(18)11(9)17)13(21)19-7-14(4-5-20)2-1-3-14/h6,20H,1-5,7H2,(H,19,21). The maximum atomic E-state index is 13.5. The summed E-state index contributed by atoms with van der Waals surface area (Å²) in [6.45, 7) is 0.135. The van der Waals surface area contributed by atoms with Gasteiger partial charge in [0, 0.05) is 13.2 Å². The van der Waals surface area contributed by atoms with Gasteiger partial charge in [0.1, 0.15) is 0 Å². The van der Waals surface area contributed by atoms with Gasteiger partial charge in [0.05, 0.1) is 5.56 Å². The number of carbonyl (C=O) groups is 1. The normalized spacial score (nSPS) is 16.4. The Bertz CT molecular complexity index is 558. The molecule has 1 aliphatic carbocycles. The number of benzene rings is 1. The summed E-state index contributed by atoms with van der Waals surface area (Å²) in [5, 5.41) is 11.4. The van der Waals surface area contributed by atoms with Crippen LogP contribution in [0.15, 0.2) is 6.07 Å². The Balaban J connectivity index is 2.11. The molecule has 116 valence electrons. The maximum absolute atomic E-state index is 13.5. The van der Waals surface area contributed by atoms with Crippen LogP contribution in [0.25, 0.3) is 0 Å². The highest BCUT2D eigenvalue weighted by atomic mass is 19.2. The molecule has 1 aliphatic rings. The van der Waals surface area contributed by atoms with E-state index >= 15 is 0 Å². The second-order valence-corrected chi connectivity index (χ2v) is 5.36. The lowest BCUT2D eigenvalue weighted by molar-refractivity contribution is 0.0729. The number of aliphatic hydroxyl groups is 1. The lowest BCUT2D eigenvalue weighted by Crippen LogP contribution is -2.43. The second-order valence-electron chi connectivity index (χ2n) is 5.36. The highest BCUT2D eigenvalue weighted by molar-refractivity contribution is 5.94. The van der Waals surface area contributed by atoms with E-state index in [-0.39, 0.29) is 18.6 Å². The van der Waals surface area contributed by atoms with E-state index < -0.39 is 34.7 Å². The van der Waals surface area contributed by atoms with Crippen LogP contribution in [0.1, 0.15) is 36.0 Å². The minimum absolute atomic E-state index is 0.0377.